The van der Waals surface area contributed by atoms with Gasteiger partial charge in [0.1, 0.15) is 24.4 Å². The van der Waals surface area contributed by atoms with Crippen molar-refractivity contribution in [1.82, 2.24) is 10.3 Å². The maximum atomic E-state index is 13.5. The van der Waals surface area contributed by atoms with E-state index in [9.17, 15) is 28.4 Å². The van der Waals surface area contributed by atoms with E-state index in [0.717, 1.165) is 0 Å². The van der Waals surface area contributed by atoms with E-state index in [1.807, 2.05) is 0 Å². The predicted octanol–water partition coefficient (Wildman–Crippen LogP) is 2.78. The summed E-state index contributed by atoms with van der Waals surface area (Å²) >= 11 is 0. The molecule has 4 unspecified atom stereocenters. The fourth-order valence-electron chi connectivity index (χ4n) is 4.19. The Morgan fingerprint density at radius 3 is 2.31 bits per heavy atom. The van der Waals surface area contributed by atoms with Crippen LogP contribution in [0.2, 0.25) is 0 Å². The van der Waals surface area contributed by atoms with Crippen LogP contribution < -0.4 is 14.8 Å². The van der Waals surface area contributed by atoms with Gasteiger partial charge in [-0.15, -0.1) is 0 Å². The van der Waals surface area contributed by atoms with Gasteiger partial charge in [-0.25, -0.2) is 14.2 Å². The minimum absolute atomic E-state index is 0.0239. The molecule has 4 atom stereocenters. The zero-order chi connectivity index (χ0) is 33.3. The number of rotatable bonds is 11. The number of nitrogens with one attached hydrogen (secondary N) is 1. The van der Waals surface area contributed by atoms with Gasteiger partial charge in [-0.2, -0.15) is 0 Å². The van der Waals surface area contributed by atoms with E-state index in [1.165, 1.54) is 50.6 Å². The number of carbonyl (C=O) groups is 5. The van der Waals surface area contributed by atoms with Crippen LogP contribution >= 0.6 is 0 Å². The van der Waals surface area contributed by atoms with Crippen molar-refractivity contribution in [3.8, 4) is 11.5 Å². The number of ether oxygens (including phenoxy) is 6. The largest absolute Gasteiger partial charge is 0.493 e. The summed E-state index contributed by atoms with van der Waals surface area (Å²) in [5.41, 5.74) is 0.224. The van der Waals surface area contributed by atoms with Gasteiger partial charge in [0.2, 0.25) is 6.79 Å². The van der Waals surface area contributed by atoms with Crippen LogP contribution in [0, 0.1) is 23.6 Å². The summed E-state index contributed by atoms with van der Waals surface area (Å²) in [5.74, 6) is -6.58. The van der Waals surface area contributed by atoms with Gasteiger partial charge in [-0.3, -0.25) is 19.2 Å². The van der Waals surface area contributed by atoms with Crippen molar-refractivity contribution >= 4 is 29.8 Å². The third kappa shape index (κ3) is 9.37. The quantitative estimate of drug-likeness (QED) is 0.219. The minimum atomic E-state index is -1.51. The highest BCUT2D eigenvalue weighted by atomic mass is 19.1. The van der Waals surface area contributed by atoms with Crippen LogP contribution in [-0.4, -0.2) is 73.5 Å². The number of hydrogen-bond acceptors (Lipinski definition) is 12. The highest BCUT2D eigenvalue weighted by Gasteiger charge is 2.42. The van der Waals surface area contributed by atoms with Crippen molar-refractivity contribution in [2.75, 3.05) is 20.5 Å². The van der Waals surface area contributed by atoms with Crippen molar-refractivity contribution in [1.29, 1.82) is 0 Å². The Morgan fingerprint density at radius 1 is 1.02 bits per heavy atom. The van der Waals surface area contributed by atoms with E-state index in [4.69, 9.17) is 28.4 Å². The third-order valence-corrected chi connectivity index (χ3v) is 6.72. The molecule has 1 N–H and O–H groups in total. The van der Waals surface area contributed by atoms with Gasteiger partial charge in [0.25, 0.3) is 5.91 Å². The summed E-state index contributed by atoms with van der Waals surface area (Å²) in [7, 11) is 1.32. The van der Waals surface area contributed by atoms with Gasteiger partial charge in [-0.1, -0.05) is 39.8 Å². The van der Waals surface area contributed by atoms with E-state index in [1.54, 1.807) is 27.7 Å². The van der Waals surface area contributed by atoms with Crippen LogP contribution in [0.5, 0.6) is 11.5 Å². The minimum Gasteiger partial charge on any atom is -0.493 e. The molecule has 0 radical (unpaired) electrons. The molecule has 2 aromatic rings. The molecule has 0 aliphatic carbocycles. The molecular weight excluding hydrogens is 595 g/mol. The molecule has 1 fully saturated rings. The number of amides is 1. The molecule has 244 valence electrons. The lowest BCUT2D eigenvalue weighted by atomic mass is 9.91. The van der Waals surface area contributed by atoms with E-state index >= 15 is 0 Å². The molecular formula is C31H37FN2O11. The van der Waals surface area contributed by atoms with E-state index in [0.29, 0.717) is 5.56 Å². The Balaban J connectivity index is 1.86. The van der Waals surface area contributed by atoms with E-state index in [-0.39, 0.29) is 23.6 Å². The molecule has 13 nitrogen and oxygen atoms in total. The number of aromatic nitrogens is 1. The summed E-state index contributed by atoms with van der Waals surface area (Å²) in [6, 6.07) is 5.29. The number of cyclic esters (lactones) is 2. The van der Waals surface area contributed by atoms with Crippen LogP contribution in [0.15, 0.2) is 36.5 Å². The molecule has 1 aliphatic rings. The first-order valence-electron chi connectivity index (χ1n) is 14.3. The maximum absolute atomic E-state index is 13.5. The van der Waals surface area contributed by atoms with Gasteiger partial charge in [0.15, 0.2) is 29.3 Å². The van der Waals surface area contributed by atoms with Gasteiger partial charge in [0.05, 0.1) is 18.9 Å². The molecule has 1 amide bonds. The second-order valence-electron chi connectivity index (χ2n) is 10.9. The zero-order valence-corrected chi connectivity index (χ0v) is 25.9. The second kappa shape index (κ2) is 15.8. The summed E-state index contributed by atoms with van der Waals surface area (Å²) in [5, 5.41) is 2.43. The first-order chi connectivity index (χ1) is 21.3. The smallest absolute Gasteiger partial charge is 0.332 e. The van der Waals surface area contributed by atoms with Crippen molar-refractivity contribution in [3.05, 3.63) is 53.6 Å². The molecule has 1 aliphatic heterocycles. The Bertz CT molecular complexity index is 1380. The SMILES string of the molecule is COc1ccnc(C(=O)NC2COC(=O)C(Cc3ccc(F)cc3)C(OC(=O)C(C)C)C(C)OC2=O)c1OCOC(=O)C(C)C. The maximum Gasteiger partial charge on any atom is 0.332 e. The van der Waals surface area contributed by atoms with Crippen LogP contribution in [0.1, 0.15) is 50.7 Å². The van der Waals surface area contributed by atoms with Crippen molar-refractivity contribution in [2.45, 2.75) is 59.3 Å². The number of methoxy groups -OCH3 is 1. The predicted molar refractivity (Wildman–Crippen MR) is 153 cm³/mol. The first kappa shape index (κ1) is 34.7. The van der Waals surface area contributed by atoms with E-state index in [2.05, 4.69) is 10.3 Å². The average Bonchev–Trinajstić information content (AvgIpc) is 3.03. The van der Waals surface area contributed by atoms with Crippen LogP contribution in [0.25, 0.3) is 0 Å². The number of hydrogen-bond donors (Lipinski definition) is 1. The average molecular weight is 633 g/mol. The molecule has 3 rings (SSSR count). The molecule has 0 saturated carbocycles. The Hall–Kier alpha value is -4.75. The van der Waals surface area contributed by atoms with Crippen molar-refractivity contribution in [3.63, 3.8) is 0 Å². The van der Waals surface area contributed by atoms with Gasteiger partial charge in [0, 0.05) is 12.3 Å². The van der Waals surface area contributed by atoms with Crippen molar-refractivity contribution in [2.24, 2.45) is 17.8 Å². The molecule has 1 aromatic heterocycles. The Morgan fingerprint density at radius 2 is 1.69 bits per heavy atom. The number of esters is 4. The van der Waals surface area contributed by atoms with Gasteiger partial charge in [-0.05, 0) is 31.0 Å². The Kier molecular flexibility index (Phi) is 12.2. The highest BCUT2D eigenvalue weighted by molar-refractivity contribution is 5.98. The molecule has 1 aromatic carbocycles. The second-order valence-corrected chi connectivity index (χ2v) is 10.9. The van der Waals surface area contributed by atoms with Crippen LogP contribution in [0.3, 0.4) is 0 Å². The molecule has 0 bridgehead atoms. The standard InChI is InChI=1S/C31H37FN2O11/c1-16(2)28(36)43-15-42-26-23(40-6)11-12-33-24(26)27(35)34-22-14-41-30(38)21(13-19-7-9-20(32)10-8-19)25(18(5)44-31(22)39)45-29(37)17(3)4/h7-12,16-18,21-22,25H,13-15H2,1-6H3,(H,34,35). The fraction of sp³-hybridized carbons (Fsp3) is 0.484. The Labute approximate surface area is 259 Å². The molecule has 45 heavy (non-hydrogen) atoms. The number of pyridine rings is 1. The van der Waals surface area contributed by atoms with Crippen LogP contribution in [0.4, 0.5) is 4.39 Å². The number of nitrogens with zero attached hydrogens (tertiary/aromatic N) is 1. The molecule has 0 spiro atoms. The number of carbonyl (C=O) groups excluding carboxylic acids is 5. The van der Waals surface area contributed by atoms with Crippen LogP contribution in [-0.2, 0) is 44.5 Å². The summed E-state index contributed by atoms with van der Waals surface area (Å²) in [6.07, 6.45) is -1.17. The van der Waals surface area contributed by atoms with Gasteiger partial charge < -0.3 is 33.7 Å². The molecule has 14 heteroatoms. The first-order valence-corrected chi connectivity index (χ1v) is 14.3. The topological polar surface area (TPSA) is 166 Å². The summed E-state index contributed by atoms with van der Waals surface area (Å²) in [4.78, 5) is 68.5. The monoisotopic (exact) mass is 632 g/mol. The third-order valence-electron chi connectivity index (χ3n) is 6.72. The van der Waals surface area contributed by atoms with Gasteiger partial charge >= 0.3 is 23.9 Å². The lowest BCUT2D eigenvalue weighted by Gasteiger charge is -2.29. The summed E-state index contributed by atoms with van der Waals surface area (Å²) in [6.45, 7) is 6.74. The lowest BCUT2D eigenvalue weighted by Crippen LogP contribution is -2.47. The fourth-order valence-corrected chi connectivity index (χ4v) is 4.19. The zero-order valence-electron chi connectivity index (χ0n) is 25.9. The highest BCUT2D eigenvalue weighted by Crippen LogP contribution is 2.30. The number of halogens is 1. The van der Waals surface area contributed by atoms with Crippen molar-refractivity contribution < 1.29 is 56.8 Å². The number of benzene rings is 1. The lowest BCUT2D eigenvalue weighted by molar-refractivity contribution is -0.176. The van der Waals surface area contributed by atoms with E-state index < -0.39 is 85.0 Å². The summed E-state index contributed by atoms with van der Waals surface area (Å²) < 4.78 is 46.0. The molecule has 2 heterocycles. The molecule has 1 saturated heterocycles. The normalized spacial score (nSPS) is 20.2.